The van der Waals surface area contributed by atoms with Crippen LogP contribution in [0.3, 0.4) is 0 Å². The fourth-order valence-corrected chi connectivity index (χ4v) is 6.13. The highest BCUT2D eigenvalue weighted by molar-refractivity contribution is 5.35. The van der Waals surface area contributed by atoms with Crippen LogP contribution in [0.1, 0.15) is 62.5 Å². The van der Waals surface area contributed by atoms with Gasteiger partial charge in [-0.3, -0.25) is 0 Å². The van der Waals surface area contributed by atoms with Gasteiger partial charge in [0.2, 0.25) is 0 Å². The molecule has 0 aliphatic heterocycles. The molecule has 5 atom stereocenters. The van der Waals surface area contributed by atoms with Crippen LogP contribution in [0.4, 0.5) is 0 Å². The van der Waals surface area contributed by atoms with Gasteiger partial charge >= 0.3 is 0 Å². The Bertz CT molecular complexity index is 498. The Labute approximate surface area is 128 Å². The summed E-state index contributed by atoms with van der Waals surface area (Å²) in [5, 5.41) is 11.9. The Balaban J connectivity index is 1.82. The average Bonchev–Trinajstić information content (AvgIpc) is 2.79. The number of fused-ring (bicyclic) bond motifs is 3. The van der Waals surface area contributed by atoms with Crippen LogP contribution >= 0.6 is 0 Å². The summed E-state index contributed by atoms with van der Waals surface area (Å²) < 4.78 is 0. The van der Waals surface area contributed by atoms with E-state index in [1.54, 1.807) is 0 Å². The molecule has 1 aromatic carbocycles. The number of hydrogen-bond donors (Lipinski definition) is 1. The van der Waals surface area contributed by atoms with Crippen LogP contribution in [-0.2, 0) is 5.60 Å². The Morgan fingerprint density at radius 2 is 1.38 bits per heavy atom. The van der Waals surface area contributed by atoms with E-state index in [0.717, 1.165) is 11.8 Å². The van der Waals surface area contributed by atoms with Gasteiger partial charge in [0.15, 0.2) is 0 Å². The van der Waals surface area contributed by atoms with Crippen LogP contribution in [0.15, 0.2) is 24.3 Å². The van der Waals surface area contributed by atoms with Gasteiger partial charge in [0.25, 0.3) is 0 Å². The van der Waals surface area contributed by atoms with E-state index in [1.165, 1.54) is 62.5 Å². The molecule has 0 saturated heterocycles. The van der Waals surface area contributed by atoms with Gasteiger partial charge in [-0.05, 0) is 67.4 Å². The minimum absolute atomic E-state index is 0.514. The van der Waals surface area contributed by atoms with Crippen molar-refractivity contribution in [1.82, 2.24) is 0 Å². The first kappa shape index (κ1) is 13.8. The monoisotopic (exact) mass is 284 g/mol. The predicted octanol–water partition coefficient (Wildman–Crippen LogP) is 4.81. The van der Waals surface area contributed by atoms with Gasteiger partial charge in [-0.2, -0.15) is 0 Å². The van der Waals surface area contributed by atoms with Crippen molar-refractivity contribution in [2.75, 3.05) is 0 Å². The highest BCUT2D eigenvalue weighted by Crippen LogP contribution is 2.63. The van der Waals surface area contributed by atoms with Crippen LogP contribution in [0.5, 0.6) is 0 Å². The summed E-state index contributed by atoms with van der Waals surface area (Å²) in [6, 6.07) is 8.61. The van der Waals surface area contributed by atoms with Gasteiger partial charge in [-0.25, -0.2) is 0 Å². The van der Waals surface area contributed by atoms with E-state index >= 15 is 0 Å². The molecule has 4 rings (SSSR count). The van der Waals surface area contributed by atoms with Gasteiger partial charge in [0.05, 0.1) is 5.60 Å². The number of aliphatic hydroxyl groups is 1. The highest BCUT2D eigenvalue weighted by atomic mass is 16.3. The molecule has 0 heterocycles. The molecule has 0 radical (unpaired) electrons. The van der Waals surface area contributed by atoms with Gasteiger partial charge in [-0.1, -0.05) is 49.9 Å². The molecular formula is C20H28O. The van der Waals surface area contributed by atoms with Crippen LogP contribution in [0.25, 0.3) is 0 Å². The lowest BCUT2D eigenvalue weighted by Crippen LogP contribution is -2.40. The number of rotatable bonds is 1. The topological polar surface area (TPSA) is 20.2 Å². The highest BCUT2D eigenvalue weighted by Gasteiger charge is 2.60. The van der Waals surface area contributed by atoms with Crippen molar-refractivity contribution in [3.8, 4) is 0 Å². The Kier molecular flexibility index (Phi) is 3.37. The SMILES string of the molecule is Cc1ccccc1C1(O)[C@@H]2CCCC[C@@H]2[C@H]2CCCC[C@@H]21. The third-order valence-electron chi connectivity index (χ3n) is 6.90. The average molecular weight is 284 g/mol. The van der Waals surface area contributed by atoms with Gasteiger partial charge < -0.3 is 5.11 Å². The van der Waals surface area contributed by atoms with Gasteiger partial charge in [0, 0.05) is 0 Å². The van der Waals surface area contributed by atoms with E-state index in [2.05, 4.69) is 31.2 Å². The minimum Gasteiger partial charge on any atom is -0.385 e. The third kappa shape index (κ3) is 1.93. The van der Waals surface area contributed by atoms with Crippen molar-refractivity contribution >= 4 is 0 Å². The van der Waals surface area contributed by atoms with Crippen molar-refractivity contribution in [2.45, 2.75) is 63.9 Å². The minimum atomic E-state index is -0.540. The molecule has 0 amide bonds. The third-order valence-corrected chi connectivity index (χ3v) is 6.90. The summed E-state index contributed by atoms with van der Waals surface area (Å²) in [5.74, 6) is 2.60. The number of aryl methyl sites for hydroxylation is 1. The maximum absolute atomic E-state index is 11.9. The fraction of sp³-hybridized carbons (Fsp3) is 0.700. The standard InChI is InChI=1S/C20H28O/c1-14-8-2-5-11-17(14)20(21)18-12-6-3-9-15(18)16-10-4-7-13-19(16)20/h2,5,8,11,15-16,18-19,21H,3-4,6-7,9-10,12-13H2,1H3/t15-,16-,18-,19+,20?/m1/s1. The largest absolute Gasteiger partial charge is 0.385 e. The molecule has 114 valence electrons. The van der Waals surface area contributed by atoms with Crippen molar-refractivity contribution < 1.29 is 5.11 Å². The normalized spacial score (nSPS) is 42.4. The van der Waals surface area contributed by atoms with Crippen molar-refractivity contribution in [1.29, 1.82) is 0 Å². The number of hydrogen-bond acceptors (Lipinski definition) is 1. The number of benzene rings is 1. The van der Waals surface area contributed by atoms with Crippen LogP contribution in [-0.4, -0.2) is 5.11 Å². The molecule has 3 aliphatic carbocycles. The first-order valence-corrected chi connectivity index (χ1v) is 9.01. The molecular weight excluding hydrogens is 256 g/mol. The molecule has 0 bridgehead atoms. The van der Waals surface area contributed by atoms with E-state index in [9.17, 15) is 5.11 Å². The van der Waals surface area contributed by atoms with Gasteiger partial charge in [-0.15, -0.1) is 0 Å². The molecule has 1 nitrogen and oxygen atoms in total. The Morgan fingerprint density at radius 3 is 1.95 bits per heavy atom. The molecule has 3 fully saturated rings. The van der Waals surface area contributed by atoms with E-state index in [1.807, 2.05) is 0 Å². The van der Waals surface area contributed by atoms with Gasteiger partial charge in [0.1, 0.15) is 0 Å². The molecule has 1 heteroatoms. The summed E-state index contributed by atoms with van der Waals surface area (Å²) in [6.07, 6.45) is 10.6. The van der Waals surface area contributed by atoms with E-state index in [0.29, 0.717) is 11.8 Å². The van der Waals surface area contributed by atoms with Crippen molar-refractivity contribution in [2.24, 2.45) is 23.7 Å². The molecule has 3 aliphatic rings. The van der Waals surface area contributed by atoms with E-state index < -0.39 is 5.60 Å². The molecule has 0 spiro atoms. The molecule has 1 N–H and O–H groups in total. The maximum Gasteiger partial charge on any atom is 0.0960 e. The van der Waals surface area contributed by atoms with Crippen LogP contribution in [0, 0.1) is 30.6 Å². The molecule has 1 unspecified atom stereocenters. The quantitative estimate of drug-likeness (QED) is 0.784. The summed E-state index contributed by atoms with van der Waals surface area (Å²) >= 11 is 0. The van der Waals surface area contributed by atoms with Crippen LogP contribution < -0.4 is 0 Å². The molecule has 1 aromatic rings. The maximum atomic E-state index is 11.9. The second kappa shape index (κ2) is 5.12. The van der Waals surface area contributed by atoms with E-state index in [4.69, 9.17) is 0 Å². The smallest absolute Gasteiger partial charge is 0.0960 e. The lowest BCUT2D eigenvalue weighted by molar-refractivity contribution is -0.0655. The second-order valence-electron chi connectivity index (χ2n) is 7.75. The fourth-order valence-electron chi connectivity index (χ4n) is 6.13. The first-order chi connectivity index (χ1) is 10.2. The van der Waals surface area contributed by atoms with Crippen LogP contribution in [0.2, 0.25) is 0 Å². The zero-order valence-electron chi connectivity index (χ0n) is 13.2. The summed E-state index contributed by atoms with van der Waals surface area (Å²) in [7, 11) is 0. The Hall–Kier alpha value is -0.820. The predicted molar refractivity (Wildman–Crippen MR) is 86.0 cm³/mol. The lowest BCUT2D eigenvalue weighted by Gasteiger charge is -2.40. The molecule has 3 saturated carbocycles. The summed E-state index contributed by atoms with van der Waals surface area (Å²) in [6.45, 7) is 2.18. The van der Waals surface area contributed by atoms with Crippen molar-refractivity contribution in [3.63, 3.8) is 0 Å². The lowest BCUT2D eigenvalue weighted by atomic mass is 9.70. The zero-order valence-corrected chi connectivity index (χ0v) is 13.2. The zero-order chi connectivity index (χ0) is 14.4. The first-order valence-electron chi connectivity index (χ1n) is 9.01. The molecule has 21 heavy (non-hydrogen) atoms. The Morgan fingerprint density at radius 1 is 0.857 bits per heavy atom. The summed E-state index contributed by atoms with van der Waals surface area (Å²) in [4.78, 5) is 0. The second-order valence-corrected chi connectivity index (χ2v) is 7.75. The van der Waals surface area contributed by atoms with Crippen molar-refractivity contribution in [3.05, 3.63) is 35.4 Å². The van der Waals surface area contributed by atoms with E-state index in [-0.39, 0.29) is 0 Å². The summed E-state index contributed by atoms with van der Waals surface area (Å²) in [5.41, 5.74) is 1.99. The molecule has 0 aromatic heterocycles.